The van der Waals surface area contributed by atoms with Gasteiger partial charge in [-0.25, -0.2) is 4.79 Å². The maximum atomic E-state index is 11.7. The van der Waals surface area contributed by atoms with E-state index in [1.807, 2.05) is 4.90 Å². The van der Waals surface area contributed by atoms with E-state index in [4.69, 9.17) is 4.74 Å². The maximum absolute atomic E-state index is 11.7. The molecule has 94 valence electrons. The molecule has 0 aromatic rings. The van der Waals surface area contributed by atoms with Crippen molar-refractivity contribution in [3.63, 3.8) is 0 Å². The van der Waals surface area contributed by atoms with Gasteiger partial charge in [-0.1, -0.05) is 6.92 Å². The second-order valence-electron chi connectivity index (χ2n) is 4.13. The third kappa shape index (κ3) is 4.81. The minimum absolute atomic E-state index is 0.0354. The Bertz CT molecular complexity index is 203. The first-order valence-electron chi connectivity index (χ1n) is 6.03. The van der Waals surface area contributed by atoms with Crippen LogP contribution in [0.15, 0.2) is 0 Å². The maximum Gasteiger partial charge on any atom is 0.317 e. The predicted molar refractivity (Wildman–Crippen MR) is 63.6 cm³/mol. The molecule has 0 atom stereocenters. The number of rotatable bonds is 5. The largest absolute Gasteiger partial charge is 0.380 e. The SMILES string of the molecule is CCCOCCNC(=O)N1CCN(C)CC1. The fraction of sp³-hybridized carbons (Fsp3) is 0.909. The van der Waals surface area contributed by atoms with E-state index in [2.05, 4.69) is 24.2 Å². The number of nitrogens with zero attached hydrogens (tertiary/aromatic N) is 2. The van der Waals surface area contributed by atoms with E-state index in [-0.39, 0.29) is 6.03 Å². The topological polar surface area (TPSA) is 44.8 Å². The molecule has 0 saturated carbocycles. The molecule has 0 aromatic heterocycles. The smallest absolute Gasteiger partial charge is 0.317 e. The first-order valence-corrected chi connectivity index (χ1v) is 6.03. The third-order valence-corrected chi connectivity index (χ3v) is 2.66. The van der Waals surface area contributed by atoms with Gasteiger partial charge in [0.2, 0.25) is 0 Å². The molecule has 5 heteroatoms. The summed E-state index contributed by atoms with van der Waals surface area (Å²) in [6, 6.07) is 0.0354. The van der Waals surface area contributed by atoms with Crippen LogP contribution in [-0.2, 0) is 4.74 Å². The number of hydrogen-bond donors (Lipinski definition) is 1. The first kappa shape index (κ1) is 13.3. The molecule has 1 aliphatic rings. The summed E-state index contributed by atoms with van der Waals surface area (Å²) in [5, 5.41) is 2.87. The van der Waals surface area contributed by atoms with Gasteiger partial charge in [0.1, 0.15) is 0 Å². The second-order valence-corrected chi connectivity index (χ2v) is 4.13. The summed E-state index contributed by atoms with van der Waals surface area (Å²) in [6.07, 6.45) is 1.02. The number of likely N-dealkylation sites (N-methyl/N-ethyl adjacent to an activating group) is 1. The summed E-state index contributed by atoms with van der Waals surface area (Å²) in [7, 11) is 2.08. The minimum atomic E-state index is 0.0354. The Balaban J connectivity index is 2.06. The number of piperazine rings is 1. The fourth-order valence-electron chi connectivity index (χ4n) is 1.60. The lowest BCUT2D eigenvalue weighted by atomic mass is 10.3. The van der Waals surface area contributed by atoms with Crippen LogP contribution in [0.5, 0.6) is 0 Å². The molecule has 0 unspecified atom stereocenters. The van der Waals surface area contributed by atoms with Crippen LogP contribution in [-0.4, -0.2) is 68.8 Å². The number of urea groups is 1. The Morgan fingerprint density at radius 2 is 1.94 bits per heavy atom. The van der Waals surface area contributed by atoms with Gasteiger partial charge in [0.05, 0.1) is 6.61 Å². The van der Waals surface area contributed by atoms with E-state index in [1.54, 1.807) is 0 Å². The van der Waals surface area contributed by atoms with Gasteiger partial charge >= 0.3 is 6.03 Å². The van der Waals surface area contributed by atoms with Gasteiger partial charge < -0.3 is 19.9 Å². The van der Waals surface area contributed by atoms with E-state index >= 15 is 0 Å². The number of hydrogen-bond acceptors (Lipinski definition) is 3. The standard InChI is InChI=1S/C11H23N3O2/c1-3-9-16-10-4-12-11(15)14-7-5-13(2)6-8-14/h3-10H2,1-2H3,(H,12,15). The zero-order chi connectivity index (χ0) is 11.8. The molecule has 2 amide bonds. The quantitative estimate of drug-likeness (QED) is 0.693. The van der Waals surface area contributed by atoms with Crippen molar-refractivity contribution in [3.8, 4) is 0 Å². The second kappa shape index (κ2) is 7.46. The highest BCUT2D eigenvalue weighted by atomic mass is 16.5. The highest BCUT2D eigenvalue weighted by Gasteiger charge is 2.17. The molecule has 1 aliphatic heterocycles. The molecule has 5 nitrogen and oxygen atoms in total. The first-order chi connectivity index (χ1) is 7.74. The lowest BCUT2D eigenvalue weighted by molar-refractivity contribution is 0.128. The Morgan fingerprint density at radius 1 is 1.25 bits per heavy atom. The Morgan fingerprint density at radius 3 is 2.56 bits per heavy atom. The zero-order valence-corrected chi connectivity index (χ0v) is 10.4. The van der Waals surface area contributed by atoms with Crippen molar-refractivity contribution in [2.75, 3.05) is 53.0 Å². The number of ether oxygens (including phenoxy) is 1. The van der Waals surface area contributed by atoms with Crippen LogP contribution in [0.25, 0.3) is 0 Å². The molecule has 0 aliphatic carbocycles. The van der Waals surface area contributed by atoms with E-state index in [1.165, 1.54) is 0 Å². The van der Waals surface area contributed by atoms with Gasteiger partial charge in [0.15, 0.2) is 0 Å². The van der Waals surface area contributed by atoms with Crippen molar-refractivity contribution >= 4 is 6.03 Å². The highest BCUT2D eigenvalue weighted by molar-refractivity contribution is 5.74. The van der Waals surface area contributed by atoms with Gasteiger partial charge in [0, 0.05) is 39.3 Å². The summed E-state index contributed by atoms with van der Waals surface area (Å²) < 4.78 is 5.30. The van der Waals surface area contributed by atoms with Gasteiger partial charge in [-0.05, 0) is 13.5 Å². The summed E-state index contributed by atoms with van der Waals surface area (Å²) >= 11 is 0. The number of carbonyl (C=O) groups is 1. The highest BCUT2D eigenvalue weighted by Crippen LogP contribution is 1.98. The van der Waals surface area contributed by atoms with Crippen molar-refractivity contribution in [2.45, 2.75) is 13.3 Å². The summed E-state index contributed by atoms with van der Waals surface area (Å²) in [5.41, 5.74) is 0. The fourth-order valence-corrected chi connectivity index (χ4v) is 1.60. The van der Waals surface area contributed by atoms with Crippen molar-refractivity contribution in [3.05, 3.63) is 0 Å². The summed E-state index contributed by atoms with van der Waals surface area (Å²) in [5.74, 6) is 0. The molecule has 1 N–H and O–H groups in total. The molecule has 1 saturated heterocycles. The summed E-state index contributed by atoms with van der Waals surface area (Å²) in [4.78, 5) is 15.8. The molecular weight excluding hydrogens is 206 g/mol. The average Bonchev–Trinajstić information content (AvgIpc) is 2.29. The van der Waals surface area contributed by atoms with Gasteiger partial charge in [0.25, 0.3) is 0 Å². The van der Waals surface area contributed by atoms with E-state index in [0.29, 0.717) is 13.2 Å². The van der Waals surface area contributed by atoms with Gasteiger partial charge in [-0.3, -0.25) is 0 Å². The number of carbonyl (C=O) groups excluding carboxylic acids is 1. The Kier molecular flexibility index (Phi) is 6.18. The van der Waals surface area contributed by atoms with Crippen molar-refractivity contribution in [1.29, 1.82) is 0 Å². The monoisotopic (exact) mass is 229 g/mol. The lowest BCUT2D eigenvalue weighted by Gasteiger charge is -2.32. The molecule has 16 heavy (non-hydrogen) atoms. The molecule has 0 bridgehead atoms. The van der Waals surface area contributed by atoms with Crippen LogP contribution in [0.2, 0.25) is 0 Å². The van der Waals surface area contributed by atoms with E-state index in [0.717, 1.165) is 39.2 Å². The predicted octanol–water partition coefficient (Wildman–Crippen LogP) is 0.370. The number of nitrogens with one attached hydrogen (secondary N) is 1. The van der Waals surface area contributed by atoms with Crippen LogP contribution < -0.4 is 5.32 Å². The molecular formula is C11H23N3O2. The Labute approximate surface area is 97.7 Å². The normalized spacial score (nSPS) is 17.5. The van der Waals surface area contributed by atoms with Crippen LogP contribution in [0.4, 0.5) is 4.79 Å². The van der Waals surface area contributed by atoms with Crippen molar-refractivity contribution in [2.24, 2.45) is 0 Å². The van der Waals surface area contributed by atoms with Gasteiger partial charge in [-0.2, -0.15) is 0 Å². The lowest BCUT2D eigenvalue weighted by Crippen LogP contribution is -2.51. The summed E-state index contributed by atoms with van der Waals surface area (Å²) in [6.45, 7) is 7.60. The van der Waals surface area contributed by atoms with Crippen molar-refractivity contribution in [1.82, 2.24) is 15.1 Å². The molecule has 1 heterocycles. The van der Waals surface area contributed by atoms with Crippen LogP contribution >= 0.6 is 0 Å². The van der Waals surface area contributed by atoms with E-state index in [9.17, 15) is 4.79 Å². The minimum Gasteiger partial charge on any atom is -0.380 e. The molecule has 0 aromatic carbocycles. The zero-order valence-electron chi connectivity index (χ0n) is 10.4. The van der Waals surface area contributed by atoms with Crippen molar-refractivity contribution < 1.29 is 9.53 Å². The third-order valence-electron chi connectivity index (χ3n) is 2.66. The van der Waals surface area contributed by atoms with Crippen LogP contribution in [0.1, 0.15) is 13.3 Å². The average molecular weight is 229 g/mol. The van der Waals surface area contributed by atoms with Crippen LogP contribution in [0.3, 0.4) is 0 Å². The molecule has 1 rings (SSSR count). The molecule has 0 spiro atoms. The van der Waals surface area contributed by atoms with Crippen LogP contribution in [0, 0.1) is 0 Å². The number of amides is 2. The molecule has 1 fully saturated rings. The molecule has 0 radical (unpaired) electrons. The van der Waals surface area contributed by atoms with Gasteiger partial charge in [-0.15, -0.1) is 0 Å². The van der Waals surface area contributed by atoms with E-state index < -0.39 is 0 Å². The Hall–Kier alpha value is -0.810.